The van der Waals surface area contributed by atoms with E-state index >= 15 is 0 Å². The van der Waals surface area contributed by atoms with Gasteiger partial charge in [-0.05, 0) is 42.7 Å². The molecule has 0 saturated carbocycles. The SMILES string of the molecule is CCCCNC(=O)[C@H](Cc1ccccc1)N(Cc1ccccc1Cl)C(=O)CCSc1ccc(C)cc1. The number of carbonyl (C=O) groups excluding carboxylic acids is 2. The van der Waals surface area contributed by atoms with Gasteiger partial charge in [0.25, 0.3) is 0 Å². The second-order valence-corrected chi connectivity index (χ2v) is 10.5. The fourth-order valence-electron chi connectivity index (χ4n) is 3.90. The normalized spacial score (nSPS) is 11.6. The highest BCUT2D eigenvalue weighted by atomic mass is 35.5. The first-order valence-electron chi connectivity index (χ1n) is 12.5. The molecule has 0 aliphatic heterocycles. The summed E-state index contributed by atoms with van der Waals surface area (Å²) >= 11 is 8.13. The molecule has 2 amide bonds. The fraction of sp³-hybridized carbons (Fsp3) is 0.333. The molecule has 4 nitrogen and oxygen atoms in total. The minimum Gasteiger partial charge on any atom is -0.354 e. The first-order chi connectivity index (χ1) is 17.5. The van der Waals surface area contributed by atoms with Gasteiger partial charge in [0.05, 0.1) is 0 Å². The van der Waals surface area contributed by atoms with Gasteiger partial charge in [0.15, 0.2) is 0 Å². The van der Waals surface area contributed by atoms with E-state index in [4.69, 9.17) is 11.6 Å². The van der Waals surface area contributed by atoms with Crippen molar-refractivity contribution in [3.63, 3.8) is 0 Å². The molecule has 3 aromatic carbocycles. The minimum atomic E-state index is -0.627. The number of hydrogen-bond acceptors (Lipinski definition) is 3. The molecule has 190 valence electrons. The van der Waals surface area contributed by atoms with Crippen LogP contribution in [0.4, 0.5) is 0 Å². The highest BCUT2D eigenvalue weighted by Gasteiger charge is 2.30. The van der Waals surface area contributed by atoms with Crippen LogP contribution in [0.3, 0.4) is 0 Å². The molecule has 0 fully saturated rings. The number of thioether (sulfide) groups is 1. The molecule has 0 radical (unpaired) electrons. The van der Waals surface area contributed by atoms with Crippen LogP contribution in [0.15, 0.2) is 83.8 Å². The molecule has 0 aliphatic carbocycles. The van der Waals surface area contributed by atoms with Crippen molar-refractivity contribution in [2.24, 2.45) is 0 Å². The number of amides is 2. The van der Waals surface area contributed by atoms with Crippen molar-refractivity contribution in [3.8, 4) is 0 Å². The number of rotatable bonds is 13. The molecule has 1 N–H and O–H groups in total. The molecule has 3 rings (SSSR count). The number of unbranched alkanes of at least 4 members (excludes halogenated alkanes) is 1. The highest BCUT2D eigenvalue weighted by Crippen LogP contribution is 2.23. The van der Waals surface area contributed by atoms with Gasteiger partial charge < -0.3 is 10.2 Å². The number of benzene rings is 3. The van der Waals surface area contributed by atoms with E-state index in [1.807, 2.05) is 54.6 Å². The number of carbonyl (C=O) groups is 2. The summed E-state index contributed by atoms with van der Waals surface area (Å²) in [4.78, 5) is 29.9. The Morgan fingerprint density at radius 2 is 1.67 bits per heavy atom. The molecule has 0 spiro atoms. The summed E-state index contributed by atoms with van der Waals surface area (Å²) in [5.74, 6) is 0.455. The van der Waals surface area contributed by atoms with E-state index in [0.29, 0.717) is 30.2 Å². The average Bonchev–Trinajstić information content (AvgIpc) is 2.89. The standard InChI is InChI=1S/C30H35ClN2O2S/c1-3-4-19-32-30(35)28(21-24-10-6-5-7-11-24)33(22-25-12-8-9-13-27(25)31)29(34)18-20-36-26-16-14-23(2)15-17-26/h5-17,28H,3-4,18-22H2,1-2H3,(H,32,35)/t28-/m0/s1. The highest BCUT2D eigenvalue weighted by molar-refractivity contribution is 7.99. The van der Waals surface area contributed by atoms with E-state index in [2.05, 4.69) is 43.4 Å². The first-order valence-corrected chi connectivity index (χ1v) is 13.9. The van der Waals surface area contributed by atoms with Crippen molar-refractivity contribution < 1.29 is 9.59 Å². The zero-order valence-corrected chi connectivity index (χ0v) is 22.7. The van der Waals surface area contributed by atoms with Gasteiger partial charge >= 0.3 is 0 Å². The Kier molecular flexibility index (Phi) is 11.4. The maximum atomic E-state index is 13.7. The molecule has 1 atom stereocenters. The smallest absolute Gasteiger partial charge is 0.243 e. The van der Waals surface area contributed by atoms with Crippen LogP contribution in [0.5, 0.6) is 0 Å². The molecular weight excluding hydrogens is 488 g/mol. The van der Waals surface area contributed by atoms with Crippen molar-refractivity contribution in [1.29, 1.82) is 0 Å². The lowest BCUT2D eigenvalue weighted by atomic mass is 10.0. The Morgan fingerprint density at radius 1 is 0.972 bits per heavy atom. The predicted molar refractivity (Wildman–Crippen MR) is 150 cm³/mol. The quantitative estimate of drug-likeness (QED) is 0.201. The van der Waals surface area contributed by atoms with Crippen molar-refractivity contribution in [2.45, 2.75) is 57.0 Å². The number of halogens is 1. The molecule has 0 aromatic heterocycles. The van der Waals surface area contributed by atoms with E-state index < -0.39 is 6.04 Å². The van der Waals surface area contributed by atoms with Crippen LogP contribution in [0.1, 0.15) is 42.9 Å². The fourth-order valence-corrected chi connectivity index (χ4v) is 4.94. The third-order valence-corrected chi connectivity index (χ3v) is 7.39. The van der Waals surface area contributed by atoms with Crippen LogP contribution >= 0.6 is 23.4 Å². The molecule has 3 aromatic rings. The Morgan fingerprint density at radius 3 is 2.36 bits per heavy atom. The van der Waals surface area contributed by atoms with Crippen molar-refractivity contribution in [3.05, 3.63) is 101 Å². The van der Waals surface area contributed by atoms with Gasteiger partial charge in [-0.15, -0.1) is 11.8 Å². The van der Waals surface area contributed by atoms with E-state index in [0.717, 1.165) is 28.9 Å². The lowest BCUT2D eigenvalue weighted by Crippen LogP contribution is -2.50. The van der Waals surface area contributed by atoms with Gasteiger partial charge in [0.1, 0.15) is 6.04 Å². The van der Waals surface area contributed by atoms with Gasteiger partial charge in [-0.1, -0.05) is 91.2 Å². The van der Waals surface area contributed by atoms with Gasteiger partial charge in [-0.3, -0.25) is 9.59 Å². The number of nitrogens with one attached hydrogen (secondary N) is 1. The Balaban J connectivity index is 1.83. The first kappa shape index (κ1) is 27.8. The number of nitrogens with zero attached hydrogens (tertiary/aromatic N) is 1. The van der Waals surface area contributed by atoms with Crippen LogP contribution in [-0.2, 0) is 22.6 Å². The third kappa shape index (κ3) is 8.72. The largest absolute Gasteiger partial charge is 0.354 e. The molecule has 0 saturated heterocycles. The van der Waals surface area contributed by atoms with E-state index in [-0.39, 0.29) is 18.4 Å². The zero-order valence-electron chi connectivity index (χ0n) is 21.1. The van der Waals surface area contributed by atoms with Gasteiger partial charge in [-0.2, -0.15) is 0 Å². The summed E-state index contributed by atoms with van der Waals surface area (Å²) < 4.78 is 0. The van der Waals surface area contributed by atoms with Crippen LogP contribution in [0.25, 0.3) is 0 Å². The second-order valence-electron chi connectivity index (χ2n) is 8.87. The van der Waals surface area contributed by atoms with Crippen LogP contribution in [0.2, 0.25) is 5.02 Å². The van der Waals surface area contributed by atoms with E-state index in [1.54, 1.807) is 16.7 Å². The van der Waals surface area contributed by atoms with Crippen molar-refractivity contribution in [1.82, 2.24) is 10.2 Å². The Hall–Kier alpha value is -2.76. The Labute approximate surface area is 224 Å². The lowest BCUT2D eigenvalue weighted by Gasteiger charge is -2.32. The molecular formula is C30H35ClN2O2S. The maximum absolute atomic E-state index is 13.7. The lowest BCUT2D eigenvalue weighted by molar-refractivity contribution is -0.141. The van der Waals surface area contributed by atoms with Gasteiger partial charge in [0, 0.05) is 41.6 Å². The van der Waals surface area contributed by atoms with Gasteiger partial charge in [-0.25, -0.2) is 0 Å². The van der Waals surface area contributed by atoms with Crippen molar-refractivity contribution >= 4 is 35.2 Å². The molecule has 36 heavy (non-hydrogen) atoms. The maximum Gasteiger partial charge on any atom is 0.243 e. The summed E-state index contributed by atoms with van der Waals surface area (Å²) in [5.41, 5.74) is 3.05. The van der Waals surface area contributed by atoms with Crippen molar-refractivity contribution in [2.75, 3.05) is 12.3 Å². The van der Waals surface area contributed by atoms with Crippen LogP contribution in [0, 0.1) is 6.92 Å². The third-order valence-electron chi connectivity index (χ3n) is 6.00. The second kappa shape index (κ2) is 14.7. The zero-order chi connectivity index (χ0) is 25.8. The molecule has 0 bridgehead atoms. The summed E-state index contributed by atoms with van der Waals surface area (Å²) in [6.45, 7) is 5.03. The molecule has 6 heteroatoms. The number of hydrogen-bond donors (Lipinski definition) is 1. The van der Waals surface area contributed by atoms with Crippen LogP contribution < -0.4 is 5.32 Å². The molecule has 0 heterocycles. The average molecular weight is 523 g/mol. The molecule has 0 aliphatic rings. The summed E-state index contributed by atoms with van der Waals surface area (Å²) in [6.07, 6.45) is 2.66. The Bertz CT molecular complexity index is 1110. The van der Waals surface area contributed by atoms with E-state index in [9.17, 15) is 9.59 Å². The van der Waals surface area contributed by atoms with E-state index in [1.165, 1.54) is 5.56 Å². The van der Waals surface area contributed by atoms with Gasteiger partial charge in [0.2, 0.25) is 11.8 Å². The summed E-state index contributed by atoms with van der Waals surface area (Å²) in [6, 6.07) is 25.0. The number of aryl methyl sites for hydroxylation is 1. The summed E-state index contributed by atoms with van der Waals surface area (Å²) in [5, 5.41) is 3.65. The van der Waals surface area contributed by atoms with Crippen LogP contribution in [-0.4, -0.2) is 35.1 Å². The summed E-state index contributed by atoms with van der Waals surface area (Å²) in [7, 11) is 0. The topological polar surface area (TPSA) is 49.4 Å². The minimum absolute atomic E-state index is 0.0545. The monoisotopic (exact) mass is 522 g/mol. The molecule has 0 unspecified atom stereocenters. The predicted octanol–water partition coefficient (Wildman–Crippen LogP) is 6.69.